The standard InChI is InChI=1S/C17H15Cl2NO/c18-15-6-5-12(9-16(15)19)7-8-20-11-14-10-13-3-1-2-4-17(13)21-14/h1-6,9-10,20H,7-8,11H2. The Hall–Kier alpha value is -1.48. The fraction of sp³-hybridized carbons (Fsp3) is 0.176. The van der Waals surface area contributed by atoms with Crippen LogP contribution in [0.5, 0.6) is 0 Å². The molecule has 0 bridgehead atoms. The van der Waals surface area contributed by atoms with Crippen molar-refractivity contribution in [1.29, 1.82) is 0 Å². The second-order valence-corrected chi connectivity index (χ2v) is 5.74. The maximum Gasteiger partial charge on any atom is 0.134 e. The van der Waals surface area contributed by atoms with Crippen LogP contribution in [0.3, 0.4) is 0 Å². The first-order chi connectivity index (χ1) is 10.2. The van der Waals surface area contributed by atoms with Crippen LogP contribution >= 0.6 is 23.2 Å². The molecule has 0 radical (unpaired) electrons. The van der Waals surface area contributed by atoms with Gasteiger partial charge in [-0.2, -0.15) is 0 Å². The van der Waals surface area contributed by atoms with E-state index in [1.54, 1.807) is 0 Å². The number of hydrogen-bond donors (Lipinski definition) is 1. The molecular weight excluding hydrogens is 305 g/mol. The van der Waals surface area contributed by atoms with Gasteiger partial charge in [0, 0.05) is 5.39 Å². The molecule has 2 aromatic carbocycles. The van der Waals surface area contributed by atoms with Crippen molar-refractivity contribution in [2.24, 2.45) is 0 Å². The second kappa shape index (κ2) is 6.52. The molecule has 0 aliphatic heterocycles. The Morgan fingerprint density at radius 3 is 2.62 bits per heavy atom. The molecule has 4 heteroatoms. The van der Waals surface area contributed by atoms with Gasteiger partial charge in [-0.3, -0.25) is 0 Å². The van der Waals surface area contributed by atoms with Gasteiger partial charge in [0.25, 0.3) is 0 Å². The van der Waals surface area contributed by atoms with Crippen molar-refractivity contribution in [3.05, 3.63) is 69.9 Å². The van der Waals surface area contributed by atoms with Crippen LogP contribution in [0, 0.1) is 0 Å². The number of furan rings is 1. The Labute approximate surface area is 133 Å². The molecule has 0 atom stereocenters. The minimum atomic E-state index is 0.593. The average Bonchev–Trinajstić information content (AvgIpc) is 2.90. The van der Waals surface area contributed by atoms with E-state index in [1.807, 2.05) is 36.4 Å². The summed E-state index contributed by atoms with van der Waals surface area (Å²) >= 11 is 11.9. The molecule has 0 aliphatic carbocycles. The largest absolute Gasteiger partial charge is 0.460 e. The lowest BCUT2D eigenvalue weighted by Crippen LogP contribution is -2.16. The number of nitrogens with one attached hydrogen (secondary N) is 1. The minimum Gasteiger partial charge on any atom is -0.460 e. The smallest absolute Gasteiger partial charge is 0.134 e. The van der Waals surface area contributed by atoms with Crippen LogP contribution < -0.4 is 5.32 Å². The first-order valence-electron chi connectivity index (χ1n) is 6.84. The van der Waals surface area contributed by atoms with Crippen molar-refractivity contribution >= 4 is 34.2 Å². The van der Waals surface area contributed by atoms with E-state index < -0.39 is 0 Å². The molecule has 0 unspecified atom stereocenters. The SMILES string of the molecule is Clc1ccc(CCNCc2cc3ccccc3o2)cc1Cl. The predicted molar refractivity (Wildman–Crippen MR) is 88.1 cm³/mol. The zero-order chi connectivity index (χ0) is 14.7. The van der Waals surface area contributed by atoms with Gasteiger partial charge in [-0.1, -0.05) is 47.5 Å². The normalized spacial score (nSPS) is 11.1. The predicted octanol–water partition coefficient (Wildman–Crippen LogP) is 5.07. The van der Waals surface area contributed by atoms with Gasteiger partial charge >= 0.3 is 0 Å². The van der Waals surface area contributed by atoms with Crippen LogP contribution in [-0.4, -0.2) is 6.54 Å². The van der Waals surface area contributed by atoms with E-state index in [9.17, 15) is 0 Å². The lowest BCUT2D eigenvalue weighted by Gasteiger charge is -2.04. The van der Waals surface area contributed by atoms with Crippen molar-refractivity contribution in [2.45, 2.75) is 13.0 Å². The van der Waals surface area contributed by atoms with Crippen molar-refractivity contribution in [3.8, 4) is 0 Å². The van der Waals surface area contributed by atoms with Crippen LogP contribution in [0.15, 0.2) is 52.9 Å². The van der Waals surface area contributed by atoms with Crippen LogP contribution in [0.2, 0.25) is 10.0 Å². The first-order valence-corrected chi connectivity index (χ1v) is 7.60. The van der Waals surface area contributed by atoms with E-state index >= 15 is 0 Å². The summed E-state index contributed by atoms with van der Waals surface area (Å²) in [6.45, 7) is 1.57. The lowest BCUT2D eigenvalue weighted by atomic mass is 10.1. The molecular formula is C17H15Cl2NO. The Morgan fingerprint density at radius 1 is 0.952 bits per heavy atom. The van der Waals surface area contributed by atoms with E-state index in [-0.39, 0.29) is 0 Å². The lowest BCUT2D eigenvalue weighted by molar-refractivity contribution is 0.515. The summed E-state index contributed by atoms with van der Waals surface area (Å²) in [5.41, 5.74) is 2.10. The molecule has 0 amide bonds. The number of para-hydroxylation sites is 1. The van der Waals surface area contributed by atoms with E-state index in [4.69, 9.17) is 27.6 Å². The van der Waals surface area contributed by atoms with E-state index in [2.05, 4.69) is 17.4 Å². The van der Waals surface area contributed by atoms with Crippen molar-refractivity contribution in [2.75, 3.05) is 6.54 Å². The van der Waals surface area contributed by atoms with Gasteiger partial charge in [-0.25, -0.2) is 0 Å². The topological polar surface area (TPSA) is 25.2 Å². The van der Waals surface area contributed by atoms with Gasteiger partial charge in [0.15, 0.2) is 0 Å². The summed E-state index contributed by atoms with van der Waals surface area (Å²) in [5, 5.41) is 5.71. The highest BCUT2D eigenvalue weighted by Crippen LogP contribution is 2.22. The molecule has 1 aromatic heterocycles. The summed E-state index contributed by atoms with van der Waals surface area (Å²) in [5.74, 6) is 0.949. The Kier molecular flexibility index (Phi) is 4.49. The third-order valence-corrected chi connectivity index (χ3v) is 4.09. The molecule has 0 aliphatic rings. The maximum atomic E-state index is 6.00. The number of rotatable bonds is 5. The van der Waals surface area contributed by atoms with Crippen molar-refractivity contribution in [1.82, 2.24) is 5.32 Å². The number of fused-ring (bicyclic) bond motifs is 1. The van der Waals surface area contributed by atoms with Crippen molar-refractivity contribution in [3.63, 3.8) is 0 Å². The first kappa shape index (κ1) is 14.5. The third-order valence-electron chi connectivity index (χ3n) is 3.35. The van der Waals surface area contributed by atoms with E-state index in [0.29, 0.717) is 10.0 Å². The second-order valence-electron chi connectivity index (χ2n) is 4.93. The summed E-state index contributed by atoms with van der Waals surface area (Å²) in [6, 6.07) is 15.8. The molecule has 2 nitrogen and oxygen atoms in total. The monoisotopic (exact) mass is 319 g/mol. The van der Waals surface area contributed by atoms with Gasteiger partial charge in [0.1, 0.15) is 11.3 Å². The molecule has 108 valence electrons. The van der Waals surface area contributed by atoms with Crippen molar-refractivity contribution < 1.29 is 4.42 Å². The molecule has 1 heterocycles. The molecule has 0 fully saturated rings. The Bertz CT molecular complexity index is 718. The molecule has 0 spiro atoms. The zero-order valence-corrected chi connectivity index (χ0v) is 12.9. The van der Waals surface area contributed by atoms with Crippen LogP contribution in [0.1, 0.15) is 11.3 Å². The fourth-order valence-electron chi connectivity index (χ4n) is 2.26. The molecule has 0 saturated carbocycles. The molecule has 1 N–H and O–H groups in total. The molecule has 3 rings (SSSR count). The molecule has 21 heavy (non-hydrogen) atoms. The van der Waals surface area contributed by atoms with Gasteiger partial charge < -0.3 is 9.73 Å². The van der Waals surface area contributed by atoms with Crippen LogP contribution in [-0.2, 0) is 13.0 Å². The Morgan fingerprint density at radius 2 is 1.81 bits per heavy atom. The highest BCUT2D eigenvalue weighted by atomic mass is 35.5. The maximum absolute atomic E-state index is 6.00. The van der Waals surface area contributed by atoms with Gasteiger partial charge in [-0.05, 0) is 42.8 Å². The van der Waals surface area contributed by atoms with Gasteiger partial charge in [-0.15, -0.1) is 0 Å². The number of hydrogen-bond acceptors (Lipinski definition) is 2. The summed E-state index contributed by atoms with van der Waals surface area (Å²) in [6.07, 6.45) is 0.900. The van der Waals surface area contributed by atoms with E-state index in [1.165, 1.54) is 5.56 Å². The van der Waals surface area contributed by atoms with Gasteiger partial charge in [0.05, 0.1) is 16.6 Å². The number of halogens is 2. The highest BCUT2D eigenvalue weighted by molar-refractivity contribution is 6.42. The Balaban J connectivity index is 1.52. The van der Waals surface area contributed by atoms with E-state index in [0.717, 1.165) is 36.2 Å². The van der Waals surface area contributed by atoms with Gasteiger partial charge in [0.2, 0.25) is 0 Å². The van der Waals surface area contributed by atoms with Crippen LogP contribution in [0.25, 0.3) is 11.0 Å². The quantitative estimate of drug-likeness (QED) is 0.664. The number of benzene rings is 2. The van der Waals surface area contributed by atoms with Crippen LogP contribution in [0.4, 0.5) is 0 Å². The summed E-state index contributed by atoms with van der Waals surface area (Å²) in [4.78, 5) is 0. The summed E-state index contributed by atoms with van der Waals surface area (Å²) < 4.78 is 5.75. The molecule has 0 saturated heterocycles. The zero-order valence-electron chi connectivity index (χ0n) is 11.4. The fourth-order valence-corrected chi connectivity index (χ4v) is 2.58. The minimum absolute atomic E-state index is 0.593. The molecule has 3 aromatic rings. The average molecular weight is 320 g/mol. The third kappa shape index (κ3) is 3.59. The highest BCUT2D eigenvalue weighted by Gasteiger charge is 2.03. The summed E-state index contributed by atoms with van der Waals surface area (Å²) in [7, 11) is 0.